The Morgan fingerprint density at radius 3 is 2.91 bits per heavy atom. The van der Waals surface area contributed by atoms with Crippen LogP contribution in [0.4, 0.5) is 21.6 Å². The molecule has 2 N–H and O–H groups in total. The van der Waals surface area contributed by atoms with Gasteiger partial charge in [0.1, 0.15) is 11.6 Å². The zero-order valence-electron chi connectivity index (χ0n) is 19.0. The average molecular weight is 471 g/mol. The summed E-state index contributed by atoms with van der Waals surface area (Å²) in [6.45, 7) is 2.87. The molecular weight excluding hydrogens is 447 g/mol. The molecule has 9 heteroatoms. The first-order valence-corrected chi connectivity index (χ1v) is 11.7. The van der Waals surface area contributed by atoms with Crippen molar-refractivity contribution in [3.8, 4) is 17.3 Å². The van der Waals surface area contributed by atoms with Crippen molar-refractivity contribution in [2.45, 2.75) is 31.4 Å². The maximum Gasteiger partial charge on any atom is 0.255 e. The SMILES string of the molecule is N#Cc1cccc(F)c1-c1cc(Nc2ccc(N3CC[C@]4(CCCO4)C3)cn2)c2c(n1)CNC2=O. The van der Waals surface area contributed by atoms with Crippen LogP contribution in [0.15, 0.2) is 42.6 Å². The van der Waals surface area contributed by atoms with Crippen LogP contribution in [0.2, 0.25) is 0 Å². The van der Waals surface area contributed by atoms with Crippen LogP contribution < -0.4 is 15.5 Å². The first kappa shape index (κ1) is 21.5. The van der Waals surface area contributed by atoms with Crippen LogP contribution in [0.5, 0.6) is 0 Å². The lowest BCUT2D eigenvalue weighted by molar-refractivity contribution is 0.0231. The zero-order valence-corrected chi connectivity index (χ0v) is 19.0. The van der Waals surface area contributed by atoms with E-state index in [-0.39, 0.29) is 34.9 Å². The van der Waals surface area contributed by atoms with Crippen LogP contribution in [-0.4, -0.2) is 41.2 Å². The molecular formula is C26H23FN6O2. The van der Waals surface area contributed by atoms with Gasteiger partial charge in [-0.15, -0.1) is 0 Å². The monoisotopic (exact) mass is 470 g/mol. The van der Waals surface area contributed by atoms with E-state index in [1.807, 2.05) is 24.4 Å². The summed E-state index contributed by atoms with van der Waals surface area (Å²) in [5.74, 6) is -0.254. The lowest BCUT2D eigenvalue weighted by Crippen LogP contribution is -2.32. The molecule has 2 saturated heterocycles. The Balaban J connectivity index is 1.31. The van der Waals surface area contributed by atoms with Crippen LogP contribution in [0.1, 0.15) is 40.9 Å². The summed E-state index contributed by atoms with van der Waals surface area (Å²) in [6.07, 6.45) is 5.05. The van der Waals surface area contributed by atoms with Gasteiger partial charge >= 0.3 is 0 Å². The number of anilines is 3. The standard InChI is InChI=1S/C26H23FN6O2/c27-18-4-1-3-16(12-28)23(18)19-11-20(24-21(31-19)14-30-25(24)34)32-22-6-5-17(13-29-22)33-9-8-26(15-33)7-2-10-35-26/h1,3-6,11,13H,2,7-10,14-15H2,(H,30,34)(H,29,31,32)/t26-/m1/s1. The fourth-order valence-corrected chi connectivity index (χ4v) is 5.26. The van der Waals surface area contributed by atoms with E-state index in [0.29, 0.717) is 22.8 Å². The van der Waals surface area contributed by atoms with E-state index in [9.17, 15) is 14.4 Å². The van der Waals surface area contributed by atoms with Crippen molar-refractivity contribution >= 4 is 23.1 Å². The number of nitriles is 1. The molecule has 176 valence electrons. The second kappa shape index (κ2) is 8.32. The molecule has 1 amide bonds. The number of carbonyl (C=O) groups excluding carboxylic acids is 1. The fraction of sp³-hybridized carbons (Fsp3) is 0.308. The highest BCUT2D eigenvalue weighted by molar-refractivity contribution is 6.04. The molecule has 1 spiro atoms. The number of hydrogen-bond acceptors (Lipinski definition) is 7. The van der Waals surface area contributed by atoms with Crippen molar-refractivity contribution < 1.29 is 13.9 Å². The van der Waals surface area contributed by atoms with Gasteiger partial charge in [0.05, 0.1) is 63.9 Å². The van der Waals surface area contributed by atoms with Crippen molar-refractivity contribution in [2.75, 3.05) is 29.9 Å². The highest BCUT2D eigenvalue weighted by Gasteiger charge is 2.41. The number of benzene rings is 1. The molecule has 0 unspecified atom stereocenters. The van der Waals surface area contributed by atoms with E-state index >= 15 is 0 Å². The maximum absolute atomic E-state index is 14.7. The lowest BCUT2D eigenvalue weighted by Gasteiger charge is -2.24. The number of halogens is 1. The molecule has 1 aromatic carbocycles. The number of fused-ring (bicyclic) bond motifs is 1. The van der Waals surface area contributed by atoms with Crippen molar-refractivity contribution in [2.24, 2.45) is 0 Å². The minimum absolute atomic E-state index is 0.0206. The Hall–Kier alpha value is -4.03. The van der Waals surface area contributed by atoms with Crippen LogP contribution in [-0.2, 0) is 11.3 Å². The topological polar surface area (TPSA) is 103 Å². The molecule has 2 aromatic heterocycles. The van der Waals surface area contributed by atoms with Gasteiger partial charge in [-0.2, -0.15) is 5.26 Å². The number of ether oxygens (including phenoxy) is 1. The third kappa shape index (κ3) is 3.76. The van der Waals surface area contributed by atoms with Gasteiger partial charge in [-0.25, -0.2) is 14.4 Å². The number of aromatic nitrogens is 2. The summed E-state index contributed by atoms with van der Waals surface area (Å²) < 4.78 is 20.7. The van der Waals surface area contributed by atoms with Gasteiger partial charge in [0.2, 0.25) is 0 Å². The molecule has 5 heterocycles. The van der Waals surface area contributed by atoms with E-state index < -0.39 is 5.82 Å². The van der Waals surface area contributed by atoms with E-state index in [0.717, 1.165) is 44.6 Å². The second-order valence-electron chi connectivity index (χ2n) is 9.17. The van der Waals surface area contributed by atoms with Crippen molar-refractivity contribution in [3.05, 3.63) is 65.2 Å². The fourth-order valence-electron chi connectivity index (χ4n) is 5.26. The first-order chi connectivity index (χ1) is 17.0. The van der Waals surface area contributed by atoms with Gasteiger partial charge in [0.15, 0.2) is 0 Å². The molecule has 3 aliphatic rings. The summed E-state index contributed by atoms with van der Waals surface area (Å²) in [4.78, 5) is 23.9. The molecule has 3 aliphatic heterocycles. The van der Waals surface area contributed by atoms with Gasteiger partial charge in [0.25, 0.3) is 5.91 Å². The number of rotatable bonds is 4. The summed E-state index contributed by atoms with van der Waals surface area (Å²) in [6, 6.07) is 11.8. The zero-order chi connectivity index (χ0) is 24.0. The normalized spacial score (nSPS) is 20.7. The van der Waals surface area contributed by atoms with Gasteiger partial charge in [-0.1, -0.05) is 6.07 Å². The number of amides is 1. The van der Waals surface area contributed by atoms with E-state index in [4.69, 9.17) is 4.74 Å². The summed E-state index contributed by atoms with van der Waals surface area (Å²) in [7, 11) is 0. The van der Waals surface area contributed by atoms with Crippen molar-refractivity contribution in [1.82, 2.24) is 15.3 Å². The second-order valence-corrected chi connectivity index (χ2v) is 9.17. The third-order valence-corrected chi connectivity index (χ3v) is 7.01. The number of pyridine rings is 2. The molecule has 0 saturated carbocycles. The Bertz CT molecular complexity index is 1360. The van der Waals surface area contributed by atoms with Crippen LogP contribution in [0, 0.1) is 17.1 Å². The van der Waals surface area contributed by atoms with E-state index in [2.05, 4.69) is 25.5 Å². The molecule has 0 bridgehead atoms. The highest BCUT2D eigenvalue weighted by atomic mass is 19.1. The molecule has 0 radical (unpaired) electrons. The molecule has 0 aliphatic carbocycles. The predicted octanol–water partition coefficient (Wildman–Crippen LogP) is 3.90. The molecule has 1 atom stereocenters. The van der Waals surface area contributed by atoms with E-state index in [1.54, 1.807) is 12.1 Å². The largest absolute Gasteiger partial charge is 0.373 e. The summed E-state index contributed by atoms with van der Waals surface area (Å²) in [5.41, 5.74) is 2.93. The molecule has 6 rings (SSSR count). The van der Waals surface area contributed by atoms with Gasteiger partial charge < -0.3 is 20.3 Å². The molecule has 35 heavy (non-hydrogen) atoms. The molecule has 3 aromatic rings. The number of hydrogen-bond donors (Lipinski definition) is 2. The molecule has 8 nitrogen and oxygen atoms in total. The van der Waals surface area contributed by atoms with Crippen molar-refractivity contribution in [1.29, 1.82) is 5.26 Å². The van der Waals surface area contributed by atoms with Crippen LogP contribution >= 0.6 is 0 Å². The van der Waals surface area contributed by atoms with Crippen molar-refractivity contribution in [3.63, 3.8) is 0 Å². The molecule has 2 fully saturated rings. The average Bonchev–Trinajstić information content (AvgIpc) is 3.61. The number of carbonyl (C=O) groups is 1. The Morgan fingerprint density at radius 1 is 1.23 bits per heavy atom. The lowest BCUT2D eigenvalue weighted by atomic mass is 10.00. The third-order valence-electron chi connectivity index (χ3n) is 7.01. The minimum atomic E-state index is -0.545. The van der Waals surface area contributed by atoms with Gasteiger partial charge in [-0.3, -0.25) is 4.79 Å². The smallest absolute Gasteiger partial charge is 0.255 e. The highest BCUT2D eigenvalue weighted by Crippen LogP contribution is 2.37. The van der Waals surface area contributed by atoms with E-state index in [1.165, 1.54) is 12.1 Å². The Kier molecular flexibility index (Phi) is 5.11. The van der Waals surface area contributed by atoms with Crippen LogP contribution in [0.3, 0.4) is 0 Å². The minimum Gasteiger partial charge on any atom is -0.373 e. The Morgan fingerprint density at radius 2 is 2.14 bits per heavy atom. The summed E-state index contributed by atoms with van der Waals surface area (Å²) >= 11 is 0. The quantitative estimate of drug-likeness (QED) is 0.596. The number of nitrogens with one attached hydrogen (secondary N) is 2. The van der Waals surface area contributed by atoms with Gasteiger partial charge in [0, 0.05) is 19.7 Å². The number of nitrogens with zero attached hydrogens (tertiary/aromatic N) is 4. The first-order valence-electron chi connectivity index (χ1n) is 11.7. The van der Waals surface area contributed by atoms with Crippen LogP contribution in [0.25, 0.3) is 11.3 Å². The van der Waals surface area contributed by atoms with Gasteiger partial charge in [-0.05, 0) is 49.6 Å². The predicted molar refractivity (Wildman–Crippen MR) is 128 cm³/mol. The summed E-state index contributed by atoms with van der Waals surface area (Å²) in [5, 5.41) is 15.5. The maximum atomic E-state index is 14.7. The Labute approximate surface area is 201 Å².